The molecule has 0 fully saturated rings. The molecule has 0 N–H and O–H groups in total. The number of hydrogen-bond acceptors (Lipinski definition) is 3. The molecule has 0 bridgehead atoms. The van der Waals surface area contributed by atoms with Crippen LogP contribution < -0.4 is 9.47 Å². The Bertz CT molecular complexity index is 1080. The molecule has 1 heterocycles. The van der Waals surface area contributed by atoms with Crippen molar-refractivity contribution < 1.29 is 33.3 Å². The summed E-state index contributed by atoms with van der Waals surface area (Å²) in [7, 11) is 16.6. The molecule has 1 aliphatic carbocycles. The van der Waals surface area contributed by atoms with Gasteiger partial charge in [-0.25, -0.2) is 0 Å². The molecule has 149 valence electrons. The second-order valence-electron chi connectivity index (χ2n) is 7.09. The zero-order chi connectivity index (χ0) is 20.7. The fourth-order valence-electron chi connectivity index (χ4n) is 3.93. The average Bonchev–Trinajstić information content (AvgIpc) is 3.30. The number of aryl methyl sites for hydroxylation is 2. The molecule has 0 saturated heterocycles. The van der Waals surface area contributed by atoms with Crippen molar-refractivity contribution in [3.8, 4) is 22.6 Å². The molecule has 0 radical (unpaired) electrons. The van der Waals surface area contributed by atoms with Crippen molar-refractivity contribution in [3.63, 3.8) is 0 Å². The van der Waals surface area contributed by atoms with E-state index < -0.39 is 19.4 Å². The number of methoxy groups -OCH3 is 2. The van der Waals surface area contributed by atoms with E-state index in [1.54, 1.807) is 14.2 Å². The van der Waals surface area contributed by atoms with Crippen LogP contribution >= 0.6 is 17.0 Å². The molecule has 6 heteroatoms. The Balaban J connectivity index is 1.95. The first-order chi connectivity index (χ1) is 13.9. The van der Waals surface area contributed by atoms with Crippen LogP contribution in [-0.4, -0.2) is 14.2 Å². The zero-order valence-corrected chi connectivity index (χ0v) is 20.6. The molecule has 2 aromatic carbocycles. The summed E-state index contributed by atoms with van der Waals surface area (Å²) in [5.74, 6) is 3.22. The molecular weight excluding hydrogens is 486 g/mol. The Hall–Kier alpha value is -1.48. The summed E-state index contributed by atoms with van der Waals surface area (Å²) in [5, 5.41) is 0. The summed E-state index contributed by atoms with van der Waals surface area (Å²) in [6.45, 7) is 4.06. The van der Waals surface area contributed by atoms with Crippen molar-refractivity contribution in [1.29, 1.82) is 0 Å². The molecular formula is C23H21Cl2O3Zr. The van der Waals surface area contributed by atoms with E-state index in [1.165, 1.54) is 11.1 Å². The third kappa shape index (κ3) is 3.83. The van der Waals surface area contributed by atoms with Crippen molar-refractivity contribution in [2.24, 2.45) is 0 Å². The number of ether oxygens (including phenoxy) is 2. The molecule has 1 atom stereocenters. The van der Waals surface area contributed by atoms with E-state index in [2.05, 4.69) is 25.1 Å². The minimum atomic E-state index is -2.69. The van der Waals surface area contributed by atoms with Crippen LogP contribution in [-0.2, 0) is 19.4 Å². The molecule has 4 rings (SSSR count). The molecule has 0 saturated carbocycles. The van der Waals surface area contributed by atoms with Gasteiger partial charge in [0.1, 0.15) is 0 Å². The average molecular weight is 508 g/mol. The van der Waals surface area contributed by atoms with Gasteiger partial charge in [0.2, 0.25) is 0 Å². The van der Waals surface area contributed by atoms with Crippen LogP contribution in [0.25, 0.3) is 22.8 Å². The Morgan fingerprint density at radius 3 is 2.17 bits per heavy atom. The van der Waals surface area contributed by atoms with Crippen molar-refractivity contribution >= 4 is 28.7 Å². The molecule has 3 nitrogen and oxygen atoms in total. The molecule has 0 aliphatic heterocycles. The number of fused-ring (bicyclic) bond motifs is 1. The van der Waals surface area contributed by atoms with E-state index in [0.29, 0.717) is 0 Å². The first-order valence-corrected chi connectivity index (χ1v) is 17.0. The van der Waals surface area contributed by atoms with Gasteiger partial charge in [-0.1, -0.05) is 0 Å². The van der Waals surface area contributed by atoms with Crippen molar-refractivity contribution in [2.75, 3.05) is 14.2 Å². The van der Waals surface area contributed by atoms with E-state index in [4.69, 9.17) is 30.9 Å². The number of benzene rings is 2. The van der Waals surface area contributed by atoms with Gasteiger partial charge >= 0.3 is 187 Å². The molecule has 1 unspecified atom stereocenters. The van der Waals surface area contributed by atoms with E-state index in [9.17, 15) is 0 Å². The van der Waals surface area contributed by atoms with Gasteiger partial charge in [-0.15, -0.1) is 0 Å². The maximum absolute atomic E-state index is 6.64. The van der Waals surface area contributed by atoms with E-state index in [-0.39, 0.29) is 3.63 Å². The Morgan fingerprint density at radius 1 is 0.931 bits per heavy atom. The topological polar surface area (TPSA) is 31.6 Å². The van der Waals surface area contributed by atoms with Crippen LogP contribution in [0.4, 0.5) is 0 Å². The Morgan fingerprint density at radius 2 is 1.62 bits per heavy atom. The Kier molecular flexibility index (Phi) is 5.97. The van der Waals surface area contributed by atoms with Gasteiger partial charge in [0.15, 0.2) is 0 Å². The maximum atomic E-state index is 6.64. The number of rotatable bonds is 5. The van der Waals surface area contributed by atoms with Crippen molar-refractivity contribution in [3.05, 3.63) is 70.7 Å². The third-order valence-corrected chi connectivity index (χ3v) is 10.5. The SMILES string of the molecule is COc1cc(OC)cc(-c2c(C)ccc3c2C=C(c2ccc(C)o2)[CH]3[Zr]([Cl])[Cl])c1. The van der Waals surface area contributed by atoms with Crippen molar-refractivity contribution in [1.82, 2.24) is 0 Å². The predicted octanol–water partition coefficient (Wildman–Crippen LogP) is 7.10. The Labute approximate surface area is 186 Å². The standard InChI is InChI=1S/C23H21O3.2ClH.Zr/c1-14-5-7-16-9-17(22-8-6-15(2)26-22)12-21(16)23(14)18-10-19(24-3)13-20(11-18)25-4;;;/h5-13H,1-4H3;2*1H;/q;;;+2/p-2. The summed E-state index contributed by atoms with van der Waals surface area (Å²) in [5.41, 5.74) is 6.75. The third-order valence-electron chi connectivity index (χ3n) is 5.29. The number of halogens is 2. The van der Waals surface area contributed by atoms with Crippen LogP contribution in [0.1, 0.15) is 31.8 Å². The van der Waals surface area contributed by atoms with E-state index in [0.717, 1.165) is 45.3 Å². The fraction of sp³-hybridized carbons (Fsp3) is 0.217. The monoisotopic (exact) mass is 505 g/mol. The zero-order valence-electron chi connectivity index (χ0n) is 16.7. The number of hydrogen-bond donors (Lipinski definition) is 0. The van der Waals surface area contributed by atoms with Crippen molar-refractivity contribution in [2.45, 2.75) is 17.5 Å². The molecule has 3 aromatic rings. The second-order valence-corrected chi connectivity index (χ2v) is 15.9. The van der Waals surface area contributed by atoms with Crippen LogP contribution in [0.2, 0.25) is 0 Å². The fourth-order valence-corrected chi connectivity index (χ4v) is 9.04. The normalized spacial score (nSPS) is 15.1. The summed E-state index contributed by atoms with van der Waals surface area (Å²) in [6, 6.07) is 14.2. The van der Waals surface area contributed by atoms with E-state index in [1.807, 2.05) is 37.3 Å². The van der Waals surface area contributed by atoms with Gasteiger partial charge in [0.25, 0.3) is 0 Å². The molecule has 0 amide bonds. The van der Waals surface area contributed by atoms with Gasteiger partial charge < -0.3 is 0 Å². The van der Waals surface area contributed by atoms with Crippen LogP contribution in [0, 0.1) is 13.8 Å². The first kappa shape index (κ1) is 20.8. The minimum absolute atomic E-state index is 0.0353. The van der Waals surface area contributed by atoms with Crippen LogP contribution in [0.3, 0.4) is 0 Å². The van der Waals surface area contributed by atoms with Crippen LogP contribution in [0.5, 0.6) is 11.5 Å². The molecule has 29 heavy (non-hydrogen) atoms. The molecule has 1 aromatic heterocycles. The summed E-state index contributed by atoms with van der Waals surface area (Å²) < 4.78 is 16.9. The quantitative estimate of drug-likeness (QED) is 0.369. The summed E-state index contributed by atoms with van der Waals surface area (Å²) in [6.07, 6.45) is 2.19. The van der Waals surface area contributed by atoms with Gasteiger partial charge in [-0.3, -0.25) is 0 Å². The van der Waals surface area contributed by atoms with E-state index >= 15 is 0 Å². The molecule has 0 spiro atoms. The van der Waals surface area contributed by atoms with Crippen LogP contribution in [0.15, 0.2) is 46.9 Å². The predicted molar refractivity (Wildman–Crippen MR) is 115 cm³/mol. The number of allylic oxidation sites excluding steroid dienone is 1. The van der Waals surface area contributed by atoms with Gasteiger partial charge in [0.05, 0.1) is 0 Å². The molecule has 1 aliphatic rings. The summed E-state index contributed by atoms with van der Waals surface area (Å²) >= 11 is -2.69. The summed E-state index contributed by atoms with van der Waals surface area (Å²) in [4.78, 5) is 0. The van der Waals surface area contributed by atoms with Gasteiger partial charge in [0, 0.05) is 0 Å². The van der Waals surface area contributed by atoms with Gasteiger partial charge in [-0.2, -0.15) is 0 Å². The first-order valence-electron chi connectivity index (χ1n) is 9.26. The number of furan rings is 1. The second kappa shape index (κ2) is 8.34. The van der Waals surface area contributed by atoms with Gasteiger partial charge in [-0.05, 0) is 0 Å².